The molecule has 1 aliphatic rings. The molecule has 31 heavy (non-hydrogen) atoms. The molecule has 2 aromatic carbocycles. The van der Waals surface area contributed by atoms with E-state index in [1.807, 2.05) is 11.4 Å². The number of nitrogens with zero attached hydrogens (tertiary/aromatic N) is 3. The van der Waals surface area contributed by atoms with Gasteiger partial charge in [-0.25, -0.2) is 4.68 Å². The summed E-state index contributed by atoms with van der Waals surface area (Å²) in [7, 11) is 0. The van der Waals surface area contributed by atoms with Crippen molar-refractivity contribution in [2.24, 2.45) is 10.1 Å². The molecule has 3 aromatic rings. The number of carbonyl (C=O) groups is 1. The van der Waals surface area contributed by atoms with Gasteiger partial charge in [0.2, 0.25) is 10.6 Å². The third kappa shape index (κ3) is 4.01. The Morgan fingerprint density at radius 1 is 1.23 bits per heavy atom. The highest BCUT2D eigenvalue weighted by Crippen LogP contribution is 2.36. The number of aromatic hydroxyl groups is 3. The second-order valence-electron chi connectivity index (χ2n) is 6.51. The molecule has 0 unspecified atom stereocenters. The summed E-state index contributed by atoms with van der Waals surface area (Å²) in [6.45, 7) is 4.03. The number of phenols is 3. The zero-order chi connectivity index (χ0) is 22.0. The Hall–Kier alpha value is -4.05. The molecule has 1 aromatic heterocycles. The predicted octanol–water partition coefficient (Wildman–Crippen LogP) is 2.63. The number of benzene rings is 2. The number of phenolic OH excluding ortho intramolecular Hbond substituents is 3. The number of amides is 1. The molecule has 0 spiro atoms. The maximum absolute atomic E-state index is 11.7. The number of rotatable bonds is 5. The summed E-state index contributed by atoms with van der Waals surface area (Å²) < 4.78 is 6.98. The minimum Gasteiger partial charge on any atom is -0.504 e. The molecule has 0 bridgehead atoms. The maximum atomic E-state index is 11.7. The highest BCUT2D eigenvalue weighted by atomic mass is 32.1. The Bertz CT molecular complexity index is 1280. The van der Waals surface area contributed by atoms with Crippen molar-refractivity contribution in [2.75, 3.05) is 18.5 Å². The average molecular weight is 438 g/mol. The minimum absolute atomic E-state index is 0.0252. The number of nitrogens with one attached hydrogen (secondary N) is 1. The number of carbonyl (C=O) groups excluding carboxylic acids is 1. The number of hydrogen-bond donors (Lipinski definition) is 4. The molecule has 10 heteroatoms. The van der Waals surface area contributed by atoms with Crippen LogP contribution in [0.5, 0.6) is 23.0 Å². The number of anilines is 1. The highest BCUT2D eigenvalue weighted by molar-refractivity contribution is 7.07. The summed E-state index contributed by atoms with van der Waals surface area (Å²) in [6, 6.07) is 8.06. The molecule has 0 fully saturated rings. The molecular formula is C21H18N4O5S. The van der Waals surface area contributed by atoms with Crippen LogP contribution < -0.4 is 14.9 Å². The van der Waals surface area contributed by atoms with E-state index >= 15 is 0 Å². The van der Waals surface area contributed by atoms with Gasteiger partial charge in [-0.3, -0.25) is 9.79 Å². The number of ether oxygens (including phenoxy) is 1. The molecule has 0 radical (unpaired) electrons. The molecule has 4 rings (SSSR count). The molecular weight excluding hydrogens is 420 g/mol. The van der Waals surface area contributed by atoms with E-state index in [1.165, 1.54) is 29.7 Å². The van der Waals surface area contributed by atoms with Crippen molar-refractivity contribution >= 4 is 29.1 Å². The van der Waals surface area contributed by atoms with E-state index in [1.54, 1.807) is 22.9 Å². The van der Waals surface area contributed by atoms with E-state index < -0.39 is 17.2 Å². The van der Waals surface area contributed by atoms with Crippen molar-refractivity contribution in [1.82, 2.24) is 4.68 Å². The van der Waals surface area contributed by atoms with Crippen molar-refractivity contribution in [3.63, 3.8) is 0 Å². The first-order chi connectivity index (χ1) is 15.0. The van der Waals surface area contributed by atoms with Gasteiger partial charge in [-0.05, 0) is 30.3 Å². The summed E-state index contributed by atoms with van der Waals surface area (Å²) in [5.74, 6) is -1.20. The van der Waals surface area contributed by atoms with Gasteiger partial charge < -0.3 is 25.4 Å². The zero-order valence-electron chi connectivity index (χ0n) is 16.1. The smallest absolute Gasteiger partial charge is 0.262 e. The van der Waals surface area contributed by atoms with E-state index in [2.05, 4.69) is 22.0 Å². The van der Waals surface area contributed by atoms with Crippen molar-refractivity contribution in [2.45, 2.75) is 0 Å². The fourth-order valence-corrected chi connectivity index (χ4v) is 3.76. The van der Waals surface area contributed by atoms with Crippen LogP contribution in [0.2, 0.25) is 0 Å². The van der Waals surface area contributed by atoms with E-state index in [9.17, 15) is 20.1 Å². The summed E-state index contributed by atoms with van der Waals surface area (Å²) in [5, 5.41) is 38.4. The summed E-state index contributed by atoms with van der Waals surface area (Å²) in [5.41, 5.74) is 2.21. The standard InChI is InChI=1S/C21H18N4O5S/c1-2-7-22-21-25(23-9-13-3-5-16(26)20(29)19(13)28)15(11-31-21)12-4-6-17-14(8-12)24-18(27)10-30-17/h2-6,8-9,11,26,28-29H,1,7,10H2,(H,24,27). The minimum atomic E-state index is -0.624. The lowest BCUT2D eigenvalue weighted by molar-refractivity contribution is -0.118. The third-order valence-corrected chi connectivity index (χ3v) is 5.28. The van der Waals surface area contributed by atoms with Gasteiger partial charge in [0.25, 0.3) is 5.91 Å². The monoisotopic (exact) mass is 438 g/mol. The van der Waals surface area contributed by atoms with Crippen LogP contribution in [0.15, 0.2) is 58.5 Å². The van der Waals surface area contributed by atoms with Crippen LogP contribution in [0, 0.1) is 0 Å². The Morgan fingerprint density at radius 2 is 2.06 bits per heavy atom. The van der Waals surface area contributed by atoms with Crippen LogP contribution in [-0.4, -0.2) is 45.3 Å². The normalized spacial score (nSPS) is 13.7. The SMILES string of the molecule is C=CCN=c1scc(-c2ccc3c(c2)NC(=O)CO3)n1N=Cc1ccc(O)c(O)c1O. The first-order valence-corrected chi connectivity index (χ1v) is 10.0. The van der Waals surface area contributed by atoms with Crippen LogP contribution in [0.1, 0.15) is 5.56 Å². The predicted molar refractivity (Wildman–Crippen MR) is 117 cm³/mol. The topological polar surface area (TPSA) is 129 Å². The van der Waals surface area contributed by atoms with Gasteiger partial charge in [0.05, 0.1) is 24.1 Å². The first kappa shape index (κ1) is 20.2. The van der Waals surface area contributed by atoms with Crippen molar-refractivity contribution in [3.05, 3.63) is 58.7 Å². The quantitative estimate of drug-likeness (QED) is 0.277. The van der Waals surface area contributed by atoms with Gasteiger partial charge in [0.15, 0.2) is 18.1 Å². The molecule has 158 valence electrons. The molecule has 0 saturated heterocycles. The summed E-state index contributed by atoms with van der Waals surface area (Å²) in [4.78, 5) is 16.7. The number of fused-ring (bicyclic) bond motifs is 1. The molecule has 1 amide bonds. The number of aromatic nitrogens is 1. The van der Waals surface area contributed by atoms with Gasteiger partial charge in [-0.2, -0.15) is 5.10 Å². The lowest BCUT2D eigenvalue weighted by Crippen LogP contribution is -2.25. The van der Waals surface area contributed by atoms with Gasteiger partial charge in [-0.15, -0.1) is 17.9 Å². The Morgan fingerprint density at radius 3 is 2.87 bits per heavy atom. The van der Waals surface area contributed by atoms with Crippen molar-refractivity contribution in [3.8, 4) is 34.3 Å². The lowest BCUT2D eigenvalue weighted by Gasteiger charge is -2.18. The van der Waals surface area contributed by atoms with Crippen LogP contribution in [0.25, 0.3) is 11.3 Å². The summed E-state index contributed by atoms with van der Waals surface area (Å²) >= 11 is 1.36. The average Bonchev–Trinajstić information content (AvgIpc) is 3.17. The van der Waals surface area contributed by atoms with Crippen LogP contribution >= 0.6 is 11.3 Å². The van der Waals surface area contributed by atoms with Crippen molar-refractivity contribution < 1.29 is 24.9 Å². The zero-order valence-corrected chi connectivity index (χ0v) is 17.0. The first-order valence-electron chi connectivity index (χ1n) is 9.15. The number of thiazole rings is 1. The second kappa shape index (κ2) is 8.36. The summed E-state index contributed by atoms with van der Waals surface area (Å²) in [6.07, 6.45) is 3.00. The maximum Gasteiger partial charge on any atom is 0.262 e. The fraction of sp³-hybridized carbons (Fsp3) is 0.0952. The van der Waals surface area contributed by atoms with Gasteiger partial charge in [-0.1, -0.05) is 6.08 Å². The van der Waals surface area contributed by atoms with Crippen LogP contribution in [0.3, 0.4) is 0 Å². The van der Waals surface area contributed by atoms with Crippen LogP contribution in [-0.2, 0) is 4.79 Å². The fourth-order valence-electron chi connectivity index (χ4n) is 2.91. The Kier molecular flexibility index (Phi) is 5.46. The lowest BCUT2D eigenvalue weighted by atomic mass is 10.1. The molecule has 4 N–H and O–H groups in total. The molecule has 0 saturated carbocycles. The van der Waals surface area contributed by atoms with Crippen molar-refractivity contribution in [1.29, 1.82) is 0 Å². The second-order valence-corrected chi connectivity index (χ2v) is 7.34. The Labute approximate surface area is 180 Å². The van der Waals surface area contributed by atoms with E-state index in [-0.39, 0.29) is 18.1 Å². The molecule has 2 heterocycles. The highest BCUT2D eigenvalue weighted by Gasteiger charge is 2.18. The Balaban J connectivity index is 1.80. The van der Waals surface area contributed by atoms with Gasteiger partial charge in [0.1, 0.15) is 5.75 Å². The molecule has 9 nitrogen and oxygen atoms in total. The largest absolute Gasteiger partial charge is 0.504 e. The van der Waals surface area contributed by atoms with Gasteiger partial charge >= 0.3 is 0 Å². The van der Waals surface area contributed by atoms with E-state index in [4.69, 9.17) is 4.74 Å². The molecule has 0 atom stereocenters. The van der Waals surface area contributed by atoms with Gasteiger partial charge in [0, 0.05) is 16.5 Å². The van der Waals surface area contributed by atoms with E-state index in [0.717, 1.165) is 5.56 Å². The number of hydrogen-bond acceptors (Lipinski definition) is 8. The van der Waals surface area contributed by atoms with E-state index in [0.29, 0.717) is 28.5 Å². The molecule has 0 aliphatic carbocycles. The molecule has 1 aliphatic heterocycles. The third-order valence-electron chi connectivity index (χ3n) is 4.42. The van der Waals surface area contributed by atoms with Crippen LogP contribution in [0.4, 0.5) is 5.69 Å².